The number of rotatable bonds is 7. The third kappa shape index (κ3) is 4.54. The van der Waals surface area contributed by atoms with Gasteiger partial charge in [0.25, 0.3) is 5.91 Å². The lowest BCUT2D eigenvalue weighted by Crippen LogP contribution is -2.19. The first kappa shape index (κ1) is 18.7. The van der Waals surface area contributed by atoms with Crippen LogP contribution in [0.25, 0.3) is 10.9 Å². The third-order valence-corrected chi connectivity index (χ3v) is 4.10. The maximum absolute atomic E-state index is 12.7. The molecule has 0 spiro atoms. The number of ether oxygens (including phenoxy) is 2. The maximum Gasteiger partial charge on any atom is 0.255 e. The Morgan fingerprint density at radius 3 is 2.70 bits per heavy atom. The molecule has 1 aromatic heterocycles. The van der Waals surface area contributed by atoms with Crippen molar-refractivity contribution in [2.24, 2.45) is 0 Å². The van der Waals surface area contributed by atoms with Crippen molar-refractivity contribution in [1.82, 2.24) is 9.88 Å². The summed E-state index contributed by atoms with van der Waals surface area (Å²) >= 11 is 0. The number of benzene rings is 2. The molecule has 0 aliphatic heterocycles. The van der Waals surface area contributed by atoms with Gasteiger partial charge < -0.3 is 19.7 Å². The van der Waals surface area contributed by atoms with Crippen molar-refractivity contribution < 1.29 is 14.3 Å². The van der Waals surface area contributed by atoms with Crippen molar-refractivity contribution in [2.75, 3.05) is 39.7 Å². The summed E-state index contributed by atoms with van der Waals surface area (Å²) in [7, 11) is 5.52. The van der Waals surface area contributed by atoms with Crippen LogP contribution >= 0.6 is 0 Å². The standard InChI is InChI=1S/C21H23N3O3/c1-24(2)12-13-27-18-10-9-16(14-19(18)26-3)21(25)23-17-8-4-6-15-7-5-11-22-20(15)17/h4-11,14H,12-13H2,1-3H3,(H,23,25). The smallest absolute Gasteiger partial charge is 0.255 e. The van der Waals surface area contributed by atoms with E-state index in [2.05, 4.69) is 10.3 Å². The average molecular weight is 365 g/mol. The second-order valence-corrected chi connectivity index (χ2v) is 6.35. The Bertz CT molecular complexity index is 936. The summed E-state index contributed by atoms with van der Waals surface area (Å²) in [5.74, 6) is 0.909. The fourth-order valence-electron chi connectivity index (χ4n) is 2.67. The lowest BCUT2D eigenvalue weighted by molar-refractivity contribution is 0.102. The summed E-state index contributed by atoms with van der Waals surface area (Å²) in [6.45, 7) is 1.33. The molecule has 0 saturated heterocycles. The maximum atomic E-state index is 12.7. The minimum Gasteiger partial charge on any atom is -0.493 e. The molecule has 0 bridgehead atoms. The number of anilines is 1. The SMILES string of the molecule is COc1cc(C(=O)Nc2cccc3cccnc23)ccc1OCCN(C)C. The van der Waals surface area contributed by atoms with Gasteiger partial charge in [0, 0.05) is 23.7 Å². The number of fused-ring (bicyclic) bond motifs is 1. The van der Waals surface area contributed by atoms with E-state index in [-0.39, 0.29) is 5.91 Å². The highest BCUT2D eigenvalue weighted by molar-refractivity contribution is 6.08. The van der Waals surface area contributed by atoms with Crippen molar-refractivity contribution in [3.63, 3.8) is 0 Å². The van der Waals surface area contributed by atoms with Crippen LogP contribution in [-0.2, 0) is 0 Å². The Labute approximate surface area is 158 Å². The van der Waals surface area contributed by atoms with Gasteiger partial charge in [-0.2, -0.15) is 0 Å². The number of carbonyl (C=O) groups is 1. The van der Waals surface area contributed by atoms with Crippen LogP contribution in [0.2, 0.25) is 0 Å². The van der Waals surface area contributed by atoms with Gasteiger partial charge in [-0.25, -0.2) is 0 Å². The van der Waals surface area contributed by atoms with E-state index >= 15 is 0 Å². The molecule has 0 unspecified atom stereocenters. The van der Waals surface area contributed by atoms with E-state index in [9.17, 15) is 4.79 Å². The number of nitrogens with one attached hydrogen (secondary N) is 1. The number of amides is 1. The zero-order chi connectivity index (χ0) is 19.2. The number of hydrogen-bond acceptors (Lipinski definition) is 5. The number of carbonyl (C=O) groups excluding carboxylic acids is 1. The lowest BCUT2D eigenvalue weighted by atomic mass is 10.1. The fraction of sp³-hybridized carbons (Fsp3) is 0.238. The number of methoxy groups -OCH3 is 1. The number of aromatic nitrogens is 1. The Kier molecular flexibility index (Phi) is 5.88. The summed E-state index contributed by atoms with van der Waals surface area (Å²) in [6.07, 6.45) is 1.71. The van der Waals surface area contributed by atoms with Gasteiger partial charge in [0.1, 0.15) is 6.61 Å². The van der Waals surface area contributed by atoms with Crippen molar-refractivity contribution in [2.45, 2.75) is 0 Å². The van der Waals surface area contributed by atoms with Gasteiger partial charge in [0.05, 0.1) is 18.3 Å². The number of pyridine rings is 1. The molecule has 0 atom stereocenters. The second-order valence-electron chi connectivity index (χ2n) is 6.35. The Morgan fingerprint density at radius 1 is 1.11 bits per heavy atom. The van der Waals surface area contributed by atoms with Crippen LogP contribution in [0.1, 0.15) is 10.4 Å². The predicted octanol–water partition coefficient (Wildman–Crippen LogP) is 3.44. The van der Waals surface area contributed by atoms with Crippen LogP contribution in [0.15, 0.2) is 54.7 Å². The highest BCUT2D eigenvalue weighted by Crippen LogP contribution is 2.29. The monoisotopic (exact) mass is 365 g/mol. The minimum atomic E-state index is -0.230. The first-order chi connectivity index (χ1) is 13.1. The van der Waals surface area contributed by atoms with E-state index < -0.39 is 0 Å². The largest absolute Gasteiger partial charge is 0.493 e. The molecule has 6 heteroatoms. The molecule has 0 radical (unpaired) electrons. The molecule has 1 amide bonds. The predicted molar refractivity (Wildman–Crippen MR) is 107 cm³/mol. The zero-order valence-corrected chi connectivity index (χ0v) is 15.7. The Morgan fingerprint density at radius 2 is 1.93 bits per heavy atom. The molecule has 1 heterocycles. The third-order valence-electron chi connectivity index (χ3n) is 4.10. The van der Waals surface area contributed by atoms with Crippen molar-refractivity contribution in [1.29, 1.82) is 0 Å². The van der Waals surface area contributed by atoms with Gasteiger partial charge in [0.2, 0.25) is 0 Å². The summed E-state index contributed by atoms with van der Waals surface area (Å²) < 4.78 is 11.1. The van der Waals surface area contributed by atoms with E-state index in [0.717, 1.165) is 17.4 Å². The molecule has 0 aliphatic rings. The van der Waals surface area contributed by atoms with Gasteiger partial charge >= 0.3 is 0 Å². The molecule has 3 rings (SSSR count). The van der Waals surface area contributed by atoms with Crippen LogP contribution in [0, 0.1) is 0 Å². The summed E-state index contributed by atoms with van der Waals surface area (Å²) in [5.41, 5.74) is 1.91. The van der Waals surface area contributed by atoms with Gasteiger partial charge in [-0.15, -0.1) is 0 Å². The number of hydrogen-bond donors (Lipinski definition) is 1. The minimum absolute atomic E-state index is 0.230. The molecule has 1 N–H and O–H groups in total. The van der Waals surface area contributed by atoms with Crippen molar-refractivity contribution in [3.05, 3.63) is 60.3 Å². The number of likely N-dealkylation sites (N-methyl/N-ethyl adjacent to an activating group) is 1. The van der Waals surface area contributed by atoms with E-state index in [1.165, 1.54) is 0 Å². The van der Waals surface area contributed by atoms with Crippen LogP contribution in [0.4, 0.5) is 5.69 Å². The first-order valence-corrected chi connectivity index (χ1v) is 8.69. The van der Waals surface area contributed by atoms with E-state index in [0.29, 0.717) is 29.4 Å². The van der Waals surface area contributed by atoms with Crippen molar-refractivity contribution in [3.8, 4) is 11.5 Å². The molecule has 140 valence electrons. The molecule has 0 saturated carbocycles. The van der Waals surface area contributed by atoms with E-state index in [4.69, 9.17) is 9.47 Å². The topological polar surface area (TPSA) is 63.7 Å². The molecule has 2 aromatic carbocycles. The molecular weight excluding hydrogens is 342 g/mol. The molecule has 6 nitrogen and oxygen atoms in total. The average Bonchev–Trinajstić information content (AvgIpc) is 2.68. The van der Waals surface area contributed by atoms with Crippen molar-refractivity contribution >= 4 is 22.5 Å². The highest BCUT2D eigenvalue weighted by Gasteiger charge is 2.13. The summed E-state index contributed by atoms with van der Waals surface area (Å²) in [6, 6.07) is 14.7. The first-order valence-electron chi connectivity index (χ1n) is 8.69. The lowest BCUT2D eigenvalue weighted by Gasteiger charge is -2.14. The summed E-state index contributed by atoms with van der Waals surface area (Å²) in [4.78, 5) is 19.1. The van der Waals surface area contributed by atoms with Crippen LogP contribution in [0.5, 0.6) is 11.5 Å². The number of nitrogens with zero attached hydrogens (tertiary/aromatic N) is 2. The van der Waals surface area contributed by atoms with Crippen LogP contribution < -0.4 is 14.8 Å². The van der Waals surface area contributed by atoms with Crippen LogP contribution in [-0.4, -0.2) is 50.1 Å². The summed E-state index contributed by atoms with van der Waals surface area (Å²) in [5, 5.41) is 3.90. The Hall–Kier alpha value is -3.12. The molecule has 3 aromatic rings. The quantitative estimate of drug-likeness (QED) is 0.695. The fourth-order valence-corrected chi connectivity index (χ4v) is 2.67. The van der Waals surface area contributed by atoms with E-state index in [1.807, 2.05) is 49.3 Å². The van der Waals surface area contributed by atoms with Gasteiger partial charge in [0.15, 0.2) is 11.5 Å². The van der Waals surface area contributed by atoms with Gasteiger partial charge in [-0.05, 0) is 44.4 Å². The molecular formula is C21H23N3O3. The van der Waals surface area contributed by atoms with Gasteiger partial charge in [-0.3, -0.25) is 9.78 Å². The molecule has 0 aliphatic carbocycles. The number of para-hydroxylation sites is 1. The normalized spacial score (nSPS) is 10.8. The second kappa shape index (κ2) is 8.51. The van der Waals surface area contributed by atoms with E-state index in [1.54, 1.807) is 31.5 Å². The zero-order valence-electron chi connectivity index (χ0n) is 15.7. The molecule has 0 fully saturated rings. The highest BCUT2D eigenvalue weighted by atomic mass is 16.5. The molecule has 27 heavy (non-hydrogen) atoms. The van der Waals surface area contributed by atoms with Gasteiger partial charge in [-0.1, -0.05) is 18.2 Å². The Balaban J connectivity index is 1.78. The van der Waals surface area contributed by atoms with Crippen LogP contribution in [0.3, 0.4) is 0 Å².